The predicted octanol–water partition coefficient (Wildman–Crippen LogP) is 5.56. The number of hydrogen-bond donors (Lipinski definition) is 1. The fraction of sp³-hybridized carbons (Fsp3) is 0.304. The zero-order valence-corrected chi connectivity index (χ0v) is 17.2. The number of rotatable bonds is 6. The molecule has 0 fully saturated rings. The summed E-state index contributed by atoms with van der Waals surface area (Å²) in [5, 5.41) is 13.5. The number of anilines is 1. The lowest BCUT2D eigenvalue weighted by atomic mass is 10.1. The molecule has 1 amide bonds. The monoisotopic (exact) mass is 391 g/mol. The summed E-state index contributed by atoms with van der Waals surface area (Å²) in [4.78, 5) is 11.8. The van der Waals surface area contributed by atoms with Gasteiger partial charge in [0, 0.05) is 23.7 Å². The molecule has 3 rings (SSSR count). The third-order valence-electron chi connectivity index (χ3n) is 4.58. The standard InChI is InChI=1S/C23H25N3O3/c1-5-12-26-21-13-18(28-4)10-11-19(21)20(14-24)22(26)16-6-8-17(9-7-16)25-23(27)29-15(2)3/h6-11,13,15H,5,12H2,1-4H3,(H,25,27). The van der Waals surface area contributed by atoms with Crippen LogP contribution in [0.3, 0.4) is 0 Å². The van der Waals surface area contributed by atoms with Crippen molar-refractivity contribution < 1.29 is 14.3 Å². The molecule has 1 aromatic heterocycles. The van der Waals surface area contributed by atoms with E-state index in [9.17, 15) is 10.1 Å². The van der Waals surface area contributed by atoms with Gasteiger partial charge in [-0.3, -0.25) is 5.32 Å². The van der Waals surface area contributed by atoms with E-state index in [-0.39, 0.29) is 6.10 Å². The Hall–Kier alpha value is -3.46. The highest BCUT2D eigenvalue weighted by molar-refractivity contribution is 5.95. The van der Waals surface area contributed by atoms with E-state index in [2.05, 4.69) is 22.9 Å². The van der Waals surface area contributed by atoms with Gasteiger partial charge in [-0.1, -0.05) is 19.1 Å². The van der Waals surface area contributed by atoms with Gasteiger partial charge in [-0.2, -0.15) is 5.26 Å². The average molecular weight is 391 g/mol. The first-order chi connectivity index (χ1) is 14.0. The Morgan fingerprint density at radius 1 is 1.21 bits per heavy atom. The Morgan fingerprint density at radius 2 is 1.93 bits per heavy atom. The van der Waals surface area contributed by atoms with Gasteiger partial charge in [0.1, 0.15) is 11.8 Å². The Kier molecular flexibility index (Phi) is 6.08. The fourth-order valence-electron chi connectivity index (χ4n) is 3.40. The van der Waals surface area contributed by atoms with Gasteiger partial charge in [-0.15, -0.1) is 0 Å². The van der Waals surface area contributed by atoms with E-state index in [0.717, 1.165) is 40.9 Å². The zero-order chi connectivity index (χ0) is 21.0. The maximum Gasteiger partial charge on any atom is 0.411 e. The van der Waals surface area contributed by atoms with Crippen LogP contribution in [-0.2, 0) is 11.3 Å². The normalized spacial score (nSPS) is 10.8. The van der Waals surface area contributed by atoms with Crippen LogP contribution >= 0.6 is 0 Å². The molecule has 0 saturated heterocycles. The average Bonchev–Trinajstić information content (AvgIpc) is 3.01. The fourth-order valence-corrected chi connectivity index (χ4v) is 3.40. The summed E-state index contributed by atoms with van der Waals surface area (Å²) >= 11 is 0. The molecule has 6 nitrogen and oxygen atoms in total. The lowest BCUT2D eigenvalue weighted by Gasteiger charge is -2.12. The quantitative estimate of drug-likeness (QED) is 0.597. The molecule has 1 N–H and O–H groups in total. The molecule has 0 aliphatic carbocycles. The summed E-state index contributed by atoms with van der Waals surface area (Å²) in [6.07, 6.45) is 0.256. The van der Waals surface area contributed by atoms with Crippen molar-refractivity contribution in [2.75, 3.05) is 12.4 Å². The highest BCUT2D eigenvalue weighted by atomic mass is 16.6. The Balaban J connectivity index is 2.05. The molecule has 0 atom stereocenters. The molecule has 150 valence electrons. The van der Waals surface area contributed by atoms with Gasteiger partial charge in [0.15, 0.2) is 0 Å². The molecular weight excluding hydrogens is 366 g/mol. The third-order valence-corrected chi connectivity index (χ3v) is 4.58. The molecule has 0 aliphatic rings. The number of amides is 1. The van der Waals surface area contributed by atoms with Crippen LogP contribution in [0.5, 0.6) is 5.75 Å². The molecule has 6 heteroatoms. The third kappa shape index (κ3) is 4.19. The minimum absolute atomic E-state index is 0.186. The van der Waals surface area contributed by atoms with Gasteiger partial charge in [0.2, 0.25) is 0 Å². The summed E-state index contributed by atoms with van der Waals surface area (Å²) in [7, 11) is 1.64. The van der Waals surface area contributed by atoms with Crippen LogP contribution in [0.1, 0.15) is 32.8 Å². The summed E-state index contributed by atoms with van der Waals surface area (Å²) < 4.78 is 12.6. The van der Waals surface area contributed by atoms with Crippen molar-refractivity contribution in [2.24, 2.45) is 0 Å². The molecule has 29 heavy (non-hydrogen) atoms. The van der Waals surface area contributed by atoms with Crippen molar-refractivity contribution in [2.45, 2.75) is 39.8 Å². The number of benzene rings is 2. The van der Waals surface area contributed by atoms with Crippen molar-refractivity contribution in [3.63, 3.8) is 0 Å². The predicted molar refractivity (Wildman–Crippen MR) is 114 cm³/mol. The number of aryl methyl sites for hydroxylation is 1. The second kappa shape index (κ2) is 8.70. The maximum absolute atomic E-state index is 11.8. The molecule has 0 aliphatic heterocycles. The van der Waals surface area contributed by atoms with Gasteiger partial charge in [0.05, 0.1) is 30.0 Å². The summed E-state index contributed by atoms with van der Waals surface area (Å²) in [5.41, 5.74) is 4.02. The van der Waals surface area contributed by atoms with Crippen LogP contribution in [0.15, 0.2) is 42.5 Å². The molecule has 0 bridgehead atoms. The maximum atomic E-state index is 11.8. The van der Waals surface area contributed by atoms with Crippen molar-refractivity contribution >= 4 is 22.7 Å². The lowest BCUT2D eigenvalue weighted by Crippen LogP contribution is -2.17. The Bertz CT molecular complexity index is 1060. The number of nitrogens with one attached hydrogen (secondary N) is 1. The minimum Gasteiger partial charge on any atom is -0.497 e. The zero-order valence-electron chi connectivity index (χ0n) is 17.2. The highest BCUT2D eigenvalue weighted by Crippen LogP contribution is 2.36. The van der Waals surface area contributed by atoms with Gasteiger partial charge in [-0.25, -0.2) is 4.79 Å². The van der Waals surface area contributed by atoms with Crippen LogP contribution in [-0.4, -0.2) is 23.9 Å². The van der Waals surface area contributed by atoms with Crippen LogP contribution < -0.4 is 10.1 Å². The van der Waals surface area contributed by atoms with E-state index in [0.29, 0.717) is 11.3 Å². The molecule has 1 heterocycles. The molecule has 2 aromatic carbocycles. The minimum atomic E-state index is -0.488. The number of hydrogen-bond acceptors (Lipinski definition) is 4. The number of aromatic nitrogens is 1. The molecule has 0 radical (unpaired) electrons. The molecule has 0 spiro atoms. The van der Waals surface area contributed by atoms with E-state index in [1.165, 1.54) is 0 Å². The van der Waals surface area contributed by atoms with Crippen LogP contribution in [0.25, 0.3) is 22.2 Å². The van der Waals surface area contributed by atoms with E-state index in [1.54, 1.807) is 21.0 Å². The van der Waals surface area contributed by atoms with Gasteiger partial charge >= 0.3 is 6.09 Å². The van der Waals surface area contributed by atoms with Crippen molar-refractivity contribution in [3.05, 3.63) is 48.0 Å². The van der Waals surface area contributed by atoms with E-state index >= 15 is 0 Å². The highest BCUT2D eigenvalue weighted by Gasteiger charge is 2.19. The number of fused-ring (bicyclic) bond motifs is 1. The van der Waals surface area contributed by atoms with E-state index in [1.807, 2.05) is 42.5 Å². The van der Waals surface area contributed by atoms with Gasteiger partial charge in [0.25, 0.3) is 0 Å². The molecule has 0 unspecified atom stereocenters. The lowest BCUT2D eigenvalue weighted by molar-refractivity contribution is 0.130. The van der Waals surface area contributed by atoms with Gasteiger partial charge < -0.3 is 14.0 Å². The summed E-state index contributed by atoms with van der Waals surface area (Å²) in [6, 6.07) is 15.6. The first kappa shape index (κ1) is 20.3. The van der Waals surface area contributed by atoms with Crippen LogP contribution in [0.2, 0.25) is 0 Å². The second-order valence-electron chi connectivity index (χ2n) is 7.03. The van der Waals surface area contributed by atoms with E-state index < -0.39 is 6.09 Å². The van der Waals surface area contributed by atoms with Crippen LogP contribution in [0.4, 0.5) is 10.5 Å². The number of ether oxygens (including phenoxy) is 2. The van der Waals surface area contributed by atoms with Crippen molar-refractivity contribution in [1.82, 2.24) is 4.57 Å². The molecule has 0 saturated carbocycles. The van der Waals surface area contributed by atoms with Crippen LogP contribution in [0, 0.1) is 11.3 Å². The SMILES string of the molecule is CCCn1c(-c2ccc(NC(=O)OC(C)C)cc2)c(C#N)c2ccc(OC)cc21. The number of nitriles is 1. The Morgan fingerprint density at radius 3 is 2.52 bits per heavy atom. The summed E-state index contributed by atoms with van der Waals surface area (Å²) in [5.74, 6) is 0.756. The number of carbonyl (C=O) groups is 1. The number of nitrogens with zero attached hydrogens (tertiary/aromatic N) is 2. The smallest absolute Gasteiger partial charge is 0.411 e. The van der Waals surface area contributed by atoms with Gasteiger partial charge in [-0.05, 0) is 50.1 Å². The molecular formula is C23H25N3O3. The number of carbonyl (C=O) groups excluding carboxylic acids is 1. The first-order valence-corrected chi connectivity index (χ1v) is 9.66. The first-order valence-electron chi connectivity index (χ1n) is 9.66. The largest absolute Gasteiger partial charge is 0.497 e. The topological polar surface area (TPSA) is 76.3 Å². The Labute approximate surface area is 170 Å². The molecule has 3 aromatic rings. The van der Waals surface area contributed by atoms with Crippen molar-refractivity contribution in [1.29, 1.82) is 5.26 Å². The van der Waals surface area contributed by atoms with Crippen molar-refractivity contribution in [3.8, 4) is 23.1 Å². The number of methoxy groups -OCH3 is 1. The van der Waals surface area contributed by atoms with E-state index in [4.69, 9.17) is 9.47 Å². The second-order valence-corrected chi connectivity index (χ2v) is 7.03. The summed E-state index contributed by atoms with van der Waals surface area (Å²) in [6.45, 7) is 6.48.